The van der Waals surface area contributed by atoms with E-state index in [9.17, 15) is 4.79 Å². The van der Waals surface area contributed by atoms with Crippen LogP contribution in [0.1, 0.15) is 35.8 Å². The molecule has 2 aromatic rings. The molecule has 0 radical (unpaired) electrons. The number of rotatable bonds is 5. The molecule has 0 saturated carbocycles. The number of anilines is 1. The second-order valence-electron chi connectivity index (χ2n) is 6.56. The average molecular weight is 339 g/mol. The third-order valence-corrected chi connectivity index (χ3v) is 4.76. The number of carbonyl (C=O) groups excluding carboxylic acids is 1. The number of hydrogen-bond acceptors (Lipinski definition) is 4. The average Bonchev–Trinajstić information content (AvgIpc) is 2.67. The number of para-hydroxylation sites is 1. The molecule has 3 rings (SSSR count). The van der Waals surface area contributed by atoms with E-state index in [1.54, 1.807) is 13.3 Å². The summed E-state index contributed by atoms with van der Waals surface area (Å²) in [6, 6.07) is 11.5. The number of aromatic nitrogens is 1. The van der Waals surface area contributed by atoms with Crippen LogP contribution in [0.4, 0.5) is 5.69 Å². The van der Waals surface area contributed by atoms with Crippen molar-refractivity contribution >= 4 is 11.6 Å². The van der Waals surface area contributed by atoms with E-state index < -0.39 is 0 Å². The number of pyridine rings is 1. The summed E-state index contributed by atoms with van der Waals surface area (Å²) in [6.07, 6.45) is 4.10. The van der Waals surface area contributed by atoms with Crippen molar-refractivity contribution in [2.75, 3.05) is 25.1 Å². The zero-order valence-electron chi connectivity index (χ0n) is 14.9. The first-order chi connectivity index (χ1) is 12.2. The number of nitrogens with one attached hydrogen (secondary N) is 1. The molecule has 1 saturated heterocycles. The molecular formula is C20H25N3O2. The molecule has 1 aliphatic heterocycles. The summed E-state index contributed by atoms with van der Waals surface area (Å²) in [5.74, 6) is 1.38. The van der Waals surface area contributed by atoms with E-state index in [1.807, 2.05) is 36.4 Å². The lowest BCUT2D eigenvalue weighted by molar-refractivity contribution is 0.0945. The third kappa shape index (κ3) is 4.29. The Morgan fingerprint density at radius 1 is 1.28 bits per heavy atom. The van der Waals surface area contributed by atoms with E-state index in [4.69, 9.17) is 4.74 Å². The largest absolute Gasteiger partial charge is 0.496 e. The molecule has 25 heavy (non-hydrogen) atoms. The van der Waals surface area contributed by atoms with Gasteiger partial charge in [0.15, 0.2) is 0 Å². The zero-order chi connectivity index (χ0) is 17.6. The quantitative estimate of drug-likeness (QED) is 0.908. The Morgan fingerprint density at radius 3 is 2.80 bits per heavy atom. The maximum Gasteiger partial charge on any atom is 0.270 e. The van der Waals surface area contributed by atoms with E-state index in [2.05, 4.69) is 22.1 Å². The normalized spacial score (nSPS) is 15.0. The van der Waals surface area contributed by atoms with Crippen LogP contribution in [0.15, 0.2) is 42.6 Å². The first kappa shape index (κ1) is 17.3. The van der Waals surface area contributed by atoms with E-state index >= 15 is 0 Å². The van der Waals surface area contributed by atoms with Crippen molar-refractivity contribution in [3.63, 3.8) is 0 Å². The van der Waals surface area contributed by atoms with E-state index in [0.717, 1.165) is 36.0 Å². The molecule has 0 unspecified atom stereocenters. The van der Waals surface area contributed by atoms with Crippen LogP contribution in [-0.4, -0.2) is 31.1 Å². The summed E-state index contributed by atoms with van der Waals surface area (Å²) in [5.41, 5.74) is 2.47. The Morgan fingerprint density at radius 2 is 2.04 bits per heavy atom. The second-order valence-corrected chi connectivity index (χ2v) is 6.56. The van der Waals surface area contributed by atoms with Crippen molar-refractivity contribution in [2.45, 2.75) is 26.3 Å². The smallest absolute Gasteiger partial charge is 0.270 e. The van der Waals surface area contributed by atoms with Crippen LogP contribution in [0.25, 0.3) is 0 Å². The van der Waals surface area contributed by atoms with Crippen molar-refractivity contribution in [3.8, 4) is 5.75 Å². The Hall–Kier alpha value is -2.56. The zero-order valence-corrected chi connectivity index (χ0v) is 14.9. The highest BCUT2D eigenvalue weighted by atomic mass is 16.5. The Bertz CT molecular complexity index is 724. The number of methoxy groups -OCH3 is 1. The molecule has 1 N–H and O–H groups in total. The maximum absolute atomic E-state index is 12.5. The van der Waals surface area contributed by atoms with Gasteiger partial charge in [-0.2, -0.15) is 0 Å². The fourth-order valence-corrected chi connectivity index (χ4v) is 3.12. The Balaban J connectivity index is 1.65. The van der Waals surface area contributed by atoms with E-state index in [1.165, 1.54) is 12.8 Å². The number of carbonyl (C=O) groups is 1. The standard InChI is InChI=1S/C20H25N3O2/c1-15-8-11-23(12-9-15)17-7-10-21-18(13-17)20(24)22-14-16-5-3-4-6-19(16)25-2/h3-7,10,13,15H,8-9,11-12,14H2,1-2H3,(H,22,24). The number of ether oxygens (including phenoxy) is 1. The fraction of sp³-hybridized carbons (Fsp3) is 0.400. The summed E-state index contributed by atoms with van der Waals surface area (Å²) < 4.78 is 5.32. The highest BCUT2D eigenvalue weighted by Crippen LogP contribution is 2.23. The summed E-state index contributed by atoms with van der Waals surface area (Å²) in [5, 5.41) is 2.93. The van der Waals surface area contributed by atoms with Crippen molar-refractivity contribution in [3.05, 3.63) is 53.9 Å². The number of piperidine rings is 1. The molecule has 1 aromatic heterocycles. The lowest BCUT2D eigenvalue weighted by Crippen LogP contribution is -2.33. The molecule has 1 aliphatic rings. The van der Waals surface area contributed by atoms with Gasteiger partial charge in [0, 0.05) is 37.1 Å². The molecule has 1 aromatic carbocycles. The van der Waals surface area contributed by atoms with Gasteiger partial charge in [0.25, 0.3) is 5.91 Å². The van der Waals surface area contributed by atoms with Crippen LogP contribution in [0.3, 0.4) is 0 Å². The highest BCUT2D eigenvalue weighted by molar-refractivity contribution is 5.93. The monoisotopic (exact) mass is 339 g/mol. The van der Waals surface area contributed by atoms with Gasteiger partial charge in [-0.05, 0) is 37.0 Å². The summed E-state index contributed by atoms with van der Waals surface area (Å²) in [4.78, 5) is 19.0. The van der Waals surface area contributed by atoms with Crippen LogP contribution < -0.4 is 15.0 Å². The van der Waals surface area contributed by atoms with Crippen LogP contribution in [0.2, 0.25) is 0 Å². The summed E-state index contributed by atoms with van der Waals surface area (Å²) in [7, 11) is 1.63. The minimum Gasteiger partial charge on any atom is -0.496 e. The van der Waals surface area contributed by atoms with Crippen LogP contribution >= 0.6 is 0 Å². The maximum atomic E-state index is 12.5. The number of benzene rings is 1. The highest BCUT2D eigenvalue weighted by Gasteiger charge is 2.17. The minimum atomic E-state index is -0.168. The van der Waals surface area contributed by atoms with Crippen molar-refractivity contribution in [1.29, 1.82) is 0 Å². The van der Waals surface area contributed by atoms with Gasteiger partial charge in [0.1, 0.15) is 11.4 Å². The van der Waals surface area contributed by atoms with E-state index in [-0.39, 0.29) is 5.91 Å². The lowest BCUT2D eigenvalue weighted by Gasteiger charge is -2.32. The van der Waals surface area contributed by atoms with Crippen molar-refractivity contribution in [2.24, 2.45) is 5.92 Å². The molecule has 0 spiro atoms. The molecule has 1 amide bonds. The van der Waals surface area contributed by atoms with Crippen molar-refractivity contribution in [1.82, 2.24) is 10.3 Å². The summed E-state index contributed by atoms with van der Waals surface area (Å²) >= 11 is 0. The molecule has 0 atom stereocenters. The van der Waals surface area contributed by atoms with Crippen molar-refractivity contribution < 1.29 is 9.53 Å². The van der Waals surface area contributed by atoms with Gasteiger partial charge in [-0.15, -0.1) is 0 Å². The number of amides is 1. The summed E-state index contributed by atoms with van der Waals surface area (Å²) in [6.45, 7) is 4.78. The van der Waals surface area contributed by atoms with Gasteiger partial charge < -0.3 is 15.0 Å². The number of nitrogens with zero attached hydrogens (tertiary/aromatic N) is 2. The topological polar surface area (TPSA) is 54.5 Å². The van der Waals surface area contributed by atoms with Gasteiger partial charge in [-0.25, -0.2) is 0 Å². The SMILES string of the molecule is COc1ccccc1CNC(=O)c1cc(N2CCC(C)CC2)ccn1. The predicted molar refractivity (Wildman–Crippen MR) is 99.0 cm³/mol. The van der Waals surface area contributed by atoms with Gasteiger partial charge >= 0.3 is 0 Å². The number of hydrogen-bond donors (Lipinski definition) is 1. The third-order valence-electron chi connectivity index (χ3n) is 4.76. The molecule has 5 nitrogen and oxygen atoms in total. The Kier molecular flexibility index (Phi) is 5.53. The van der Waals surface area contributed by atoms with E-state index in [0.29, 0.717) is 12.2 Å². The molecule has 2 heterocycles. The van der Waals surface area contributed by atoms with Gasteiger partial charge in [-0.3, -0.25) is 9.78 Å². The fourth-order valence-electron chi connectivity index (χ4n) is 3.12. The van der Waals surface area contributed by atoms with Gasteiger partial charge in [0.2, 0.25) is 0 Å². The molecule has 1 fully saturated rings. The van der Waals surface area contributed by atoms with Crippen LogP contribution in [-0.2, 0) is 6.54 Å². The Labute approximate surface area is 149 Å². The first-order valence-electron chi connectivity index (χ1n) is 8.78. The first-order valence-corrected chi connectivity index (χ1v) is 8.78. The second kappa shape index (κ2) is 8.01. The minimum absolute atomic E-state index is 0.168. The van der Waals surface area contributed by atoms with Gasteiger partial charge in [0.05, 0.1) is 7.11 Å². The molecular weight excluding hydrogens is 314 g/mol. The van der Waals surface area contributed by atoms with Gasteiger partial charge in [-0.1, -0.05) is 25.1 Å². The van der Waals surface area contributed by atoms with Crippen LogP contribution in [0.5, 0.6) is 5.75 Å². The molecule has 132 valence electrons. The molecule has 0 aliphatic carbocycles. The molecule has 5 heteroatoms. The lowest BCUT2D eigenvalue weighted by atomic mass is 9.99. The molecule has 0 bridgehead atoms. The van der Waals surface area contributed by atoms with Crippen LogP contribution in [0, 0.1) is 5.92 Å². The predicted octanol–water partition coefficient (Wildman–Crippen LogP) is 3.26.